The van der Waals surface area contributed by atoms with E-state index in [1.807, 2.05) is 30.3 Å². The lowest BCUT2D eigenvalue weighted by atomic mass is 10.2. The van der Waals surface area contributed by atoms with Crippen LogP contribution in [0.2, 0.25) is 0 Å². The predicted octanol–water partition coefficient (Wildman–Crippen LogP) is 1.13. The smallest absolute Gasteiger partial charge is 0.223 e. The molecule has 0 aromatic heterocycles. The largest absolute Gasteiger partial charge is 0.278 e. The normalized spacial score (nSPS) is 8.58. The van der Waals surface area contributed by atoms with Crippen LogP contribution >= 0.6 is 0 Å². The van der Waals surface area contributed by atoms with E-state index in [1.165, 1.54) is 0 Å². The second kappa shape index (κ2) is 4.14. The van der Waals surface area contributed by atoms with E-state index in [2.05, 4.69) is 0 Å². The Morgan fingerprint density at radius 1 is 1.42 bits per heavy atom. The van der Waals surface area contributed by atoms with Crippen LogP contribution < -0.4 is 0 Å². The molecular weight excluding hydrogens is 152 g/mol. The second-order valence-corrected chi connectivity index (χ2v) is 2.32. The van der Waals surface area contributed by atoms with E-state index < -0.39 is 0 Å². The molecule has 0 saturated heterocycles. The maximum absolute atomic E-state index is 10.2. The Hall–Kier alpha value is -1.82. The summed E-state index contributed by atoms with van der Waals surface area (Å²) in [5.74, 6) is 0. The van der Waals surface area contributed by atoms with Gasteiger partial charge in [-0.2, -0.15) is 5.26 Å². The molecule has 0 atom stereocenters. The van der Waals surface area contributed by atoms with Gasteiger partial charge in [-0.25, -0.2) is 4.90 Å². The molecule has 1 aromatic carbocycles. The van der Waals surface area contributed by atoms with Crippen LogP contribution in [0.1, 0.15) is 5.56 Å². The summed E-state index contributed by atoms with van der Waals surface area (Å²) in [7, 11) is 0. The van der Waals surface area contributed by atoms with Gasteiger partial charge in [0.15, 0.2) is 6.19 Å². The Kier molecular flexibility index (Phi) is 2.86. The van der Waals surface area contributed by atoms with Crippen molar-refractivity contribution in [1.29, 1.82) is 5.26 Å². The lowest BCUT2D eigenvalue weighted by molar-refractivity contribution is -0.115. The summed E-state index contributed by atoms with van der Waals surface area (Å²) in [5, 5.41) is 8.43. The molecule has 0 aliphatic rings. The van der Waals surface area contributed by atoms with Gasteiger partial charge in [0, 0.05) is 0 Å². The number of benzene rings is 1. The molecule has 0 bridgehead atoms. The molecule has 1 aromatic rings. The minimum atomic E-state index is 0.348. The lowest BCUT2D eigenvalue weighted by Crippen LogP contribution is -2.14. The molecular formula is C9H8N2O. The van der Waals surface area contributed by atoms with Crippen molar-refractivity contribution < 1.29 is 4.79 Å². The van der Waals surface area contributed by atoms with E-state index >= 15 is 0 Å². The molecule has 0 fully saturated rings. The summed E-state index contributed by atoms with van der Waals surface area (Å²) < 4.78 is 0. The third-order valence-corrected chi connectivity index (χ3v) is 1.45. The van der Waals surface area contributed by atoms with Gasteiger partial charge in [0.25, 0.3) is 0 Å². The minimum Gasteiger partial charge on any atom is -0.278 e. The number of carbonyl (C=O) groups is 1. The van der Waals surface area contributed by atoms with Crippen LogP contribution in [-0.2, 0) is 11.3 Å². The lowest BCUT2D eigenvalue weighted by Gasteiger charge is -2.05. The number of carbonyl (C=O) groups excluding carboxylic acids is 1. The van der Waals surface area contributed by atoms with Crippen molar-refractivity contribution in [2.24, 2.45) is 0 Å². The molecule has 3 nitrogen and oxygen atoms in total. The molecule has 0 radical (unpaired) electrons. The molecule has 0 spiro atoms. The van der Waals surface area contributed by atoms with Gasteiger partial charge >= 0.3 is 0 Å². The monoisotopic (exact) mass is 160 g/mol. The molecule has 0 aliphatic carbocycles. The molecule has 0 unspecified atom stereocenters. The minimum absolute atomic E-state index is 0.348. The van der Waals surface area contributed by atoms with Crippen LogP contribution in [0, 0.1) is 11.5 Å². The number of amides is 1. The van der Waals surface area contributed by atoms with E-state index in [9.17, 15) is 4.79 Å². The summed E-state index contributed by atoms with van der Waals surface area (Å²) in [6.45, 7) is 0.348. The third-order valence-electron chi connectivity index (χ3n) is 1.45. The first-order valence-corrected chi connectivity index (χ1v) is 3.52. The van der Waals surface area contributed by atoms with Gasteiger partial charge in [-0.05, 0) is 5.56 Å². The molecule has 3 heteroatoms. The van der Waals surface area contributed by atoms with Crippen LogP contribution in [0.15, 0.2) is 30.3 Å². The molecule has 0 aliphatic heterocycles. The van der Waals surface area contributed by atoms with Crippen LogP contribution in [0.5, 0.6) is 0 Å². The average Bonchev–Trinajstić information content (AvgIpc) is 2.16. The van der Waals surface area contributed by atoms with Crippen molar-refractivity contribution >= 4 is 6.41 Å². The van der Waals surface area contributed by atoms with Crippen LogP contribution in [-0.4, -0.2) is 11.3 Å². The second-order valence-electron chi connectivity index (χ2n) is 2.32. The fourth-order valence-electron chi connectivity index (χ4n) is 0.876. The number of hydrogen-bond donors (Lipinski definition) is 0. The predicted molar refractivity (Wildman–Crippen MR) is 43.7 cm³/mol. The zero-order valence-electron chi connectivity index (χ0n) is 6.47. The molecule has 12 heavy (non-hydrogen) atoms. The van der Waals surface area contributed by atoms with Crippen LogP contribution in [0.3, 0.4) is 0 Å². The highest BCUT2D eigenvalue weighted by Crippen LogP contribution is 2.00. The van der Waals surface area contributed by atoms with Gasteiger partial charge in [-0.1, -0.05) is 30.3 Å². The fourth-order valence-corrected chi connectivity index (χ4v) is 0.876. The average molecular weight is 160 g/mol. The van der Waals surface area contributed by atoms with Crippen molar-refractivity contribution in [3.05, 3.63) is 35.9 Å². The fraction of sp³-hybridized carbons (Fsp3) is 0.111. The van der Waals surface area contributed by atoms with E-state index in [-0.39, 0.29) is 0 Å². The molecule has 0 N–H and O–H groups in total. The summed E-state index contributed by atoms with van der Waals surface area (Å²) in [6.07, 6.45) is 2.29. The molecule has 1 rings (SSSR count). The van der Waals surface area contributed by atoms with Crippen molar-refractivity contribution in [3.8, 4) is 6.19 Å². The maximum atomic E-state index is 10.2. The number of hydrogen-bond acceptors (Lipinski definition) is 2. The van der Waals surface area contributed by atoms with Gasteiger partial charge in [-0.15, -0.1) is 0 Å². The SMILES string of the molecule is N#CN(C=O)Cc1ccccc1. The topological polar surface area (TPSA) is 44.1 Å². The Bertz CT molecular complexity index is 289. The highest BCUT2D eigenvalue weighted by Gasteiger charge is 1.98. The zero-order valence-corrected chi connectivity index (χ0v) is 6.47. The van der Waals surface area contributed by atoms with E-state index in [0.29, 0.717) is 13.0 Å². The Morgan fingerprint density at radius 3 is 2.58 bits per heavy atom. The van der Waals surface area contributed by atoms with Gasteiger partial charge in [0.2, 0.25) is 6.41 Å². The zero-order chi connectivity index (χ0) is 8.81. The Morgan fingerprint density at radius 2 is 2.08 bits per heavy atom. The Labute approximate surface area is 70.8 Å². The van der Waals surface area contributed by atoms with E-state index in [4.69, 9.17) is 5.26 Å². The highest BCUT2D eigenvalue weighted by atomic mass is 16.1. The van der Waals surface area contributed by atoms with E-state index in [0.717, 1.165) is 10.5 Å². The van der Waals surface area contributed by atoms with Crippen LogP contribution in [0.25, 0.3) is 0 Å². The van der Waals surface area contributed by atoms with Crippen molar-refractivity contribution in [2.45, 2.75) is 6.54 Å². The summed E-state index contributed by atoms with van der Waals surface area (Å²) >= 11 is 0. The van der Waals surface area contributed by atoms with Crippen molar-refractivity contribution in [1.82, 2.24) is 4.90 Å². The summed E-state index contributed by atoms with van der Waals surface area (Å²) in [6, 6.07) is 9.37. The maximum Gasteiger partial charge on any atom is 0.223 e. The Balaban J connectivity index is 2.64. The summed E-state index contributed by atoms with van der Waals surface area (Å²) in [4.78, 5) is 11.3. The number of nitrogens with zero attached hydrogens (tertiary/aromatic N) is 2. The molecule has 0 saturated carbocycles. The van der Waals surface area contributed by atoms with Crippen LogP contribution in [0.4, 0.5) is 0 Å². The number of rotatable bonds is 3. The van der Waals surface area contributed by atoms with Gasteiger partial charge in [-0.3, -0.25) is 4.79 Å². The first kappa shape index (κ1) is 8.28. The standard InChI is InChI=1S/C9H8N2O/c10-7-11(8-12)6-9-4-2-1-3-5-9/h1-5,8H,6H2. The molecule has 1 amide bonds. The van der Waals surface area contributed by atoms with Gasteiger partial charge < -0.3 is 0 Å². The van der Waals surface area contributed by atoms with Crippen molar-refractivity contribution in [2.75, 3.05) is 0 Å². The molecule has 0 heterocycles. The third kappa shape index (κ3) is 2.10. The quantitative estimate of drug-likeness (QED) is 0.378. The van der Waals surface area contributed by atoms with Gasteiger partial charge in [0.1, 0.15) is 0 Å². The van der Waals surface area contributed by atoms with Gasteiger partial charge in [0.05, 0.1) is 6.54 Å². The van der Waals surface area contributed by atoms with E-state index in [1.54, 1.807) is 6.19 Å². The number of nitriles is 1. The first-order chi connectivity index (χ1) is 5.86. The highest BCUT2D eigenvalue weighted by molar-refractivity contribution is 5.50. The summed E-state index contributed by atoms with van der Waals surface area (Å²) in [5.41, 5.74) is 0.950. The van der Waals surface area contributed by atoms with Crippen molar-refractivity contribution in [3.63, 3.8) is 0 Å². The molecule has 60 valence electrons. The first-order valence-electron chi connectivity index (χ1n) is 3.52.